The molecular weight excluding hydrogens is 166 g/mol. The minimum absolute atomic E-state index is 0.322. The Morgan fingerprint density at radius 1 is 1.69 bits per heavy atom. The van der Waals surface area contributed by atoms with E-state index in [4.69, 9.17) is 4.74 Å². The van der Waals surface area contributed by atoms with Crippen LogP contribution in [0.3, 0.4) is 0 Å². The molecule has 4 heteroatoms. The molecule has 1 aromatic heterocycles. The maximum absolute atomic E-state index is 4.95. The first kappa shape index (κ1) is 10.2. The van der Waals surface area contributed by atoms with E-state index < -0.39 is 0 Å². The molecule has 1 unspecified atom stereocenters. The van der Waals surface area contributed by atoms with Gasteiger partial charge < -0.3 is 10.1 Å². The number of ether oxygens (including phenoxy) is 1. The standard InChI is InChI=1S/C9H17N3O/c1-8(10-6-7-13-3)9-4-5-11-12(9)2/h4-5,8,10H,6-7H2,1-3H3. The minimum Gasteiger partial charge on any atom is -0.383 e. The maximum Gasteiger partial charge on any atom is 0.0587 e. The summed E-state index contributed by atoms with van der Waals surface area (Å²) in [5, 5.41) is 7.45. The Bertz CT molecular complexity index is 247. The zero-order valence-corrected chi connectivity index (χ0v) is 8.45. The fourth-order valence-electron chi connectivity index (χ4n) is 1.29. The smallest absolute Gasteiger partial charge is 0.0587 e. The first-order chi connectivity index (χ1) is 6.25. The average molecular weight is 183 g/mol. The van der Waals surface area contributed by atoms with Crippen LogP contribution in [-0.2, 0) is 11.8 Å². The fourth-order valence-corrected chi connectivity index (χ4v) is 1.29. The van der Waals surface area contributed by atoms with Crippen molar-refractivity contribution in [2.24, 2.45) is 7.05 Å². The molecule has 1 heterocycles. The van der Waals surface area contributed by atoms with Crippen LogP contribution >= 0.6 is 0 Å². The lowest BCUT2D eigenvalue weighted by molar-refractivity contribution is 0.196. The number of aromatic nitrogens is 2. The highest BCUT2D eigenvalue weighted by Crippen LogP contribution is 2.08. The summed E-state index contributed by atoms with van der Waals surface area (Å²) in [6, 6.07) is 2.34. The second kappa shape index (κ2) is 4.99. The Balaban J connectivity index is 2.39. The van der Waals surface area contributed by atoms with Crippen LogP contribution in [0.2, 0.25) is 0 Å². The van der Waals surface area contributed by atoms with Gasteiger partial charge in [0.05, 0.1) is 12.3 Å². The summed E-state index contributed by atoms with van der Waals surface area (Å²) in [4.78, 5) is 0. The highest BCUT2D eigenvalue weighted by molar-refractivity contribution is 5.04. The monoisotopic (exact) mass is 183 g/mol. The number of hydrogen-bond acceptors (Lipinski definition) is 3. The molecule has 0 aliphatic heterocycles. The number of nitrogens with zero attached hydrogens (tertiary/aromatic N) is 2. The first-order valence-electron chi connectivity index (χ1n) is 4.46. The van der Waals surface area contributed by atoms with E-state index in [-0.39, 0.29) is 0 Å². The molecule has 1 aromatic rings. The Hall–Kier alpha value is -0.870. The summed E-state index contributed by atoms with van der Waals surface area (Å²) in [5.74, 6) is 0. The van der Waals surface area contributed by atoms with E-state index in [0.717, 1.165) is 13.2 Å². The van der Waals surface area contributed by atoms with Crippen LogP contribution in [-0.4, -0.2) is 30.0 Å². The second-order valence-electron chi connectivity index (χ2n) is 3.05. The highest BCUT2D eigenvalue weighted by Gasteiger charge is 2.07. The number of aryl methyl sites for hydroxylation is 1. The molecule has 4 nitrogen and oxygen atoms in total. The van der Waals surface area contributed by atoms with Crippen molar-refractivity contribution in [3.05, 3.63) is 18.0 Å². The van der Waals surface area contributed by atoms with Crippen molar-refractivity contribution in [1.29, 1.82) is 0 Å². The summed E-state index contributed by atoms with van der Waals surface area (Å²) in [6.07, 6.45) is 1.81. The van der Waals surface area contributed by atoms with Crippen molar-refractivity contribution >= 4 is 0 Å². The lowest BCUT2D eigenvalue weighted by atomic mass is 10.2. The molecule has 74 valence electrons. The third-order valence-electron chi connectivity index (χ3n) is 2.06. The largest absolute Gasteiger partial charge is 0.383 e. The van der Waals surface area contributed by atoms with Crippen LogP contribution in [0.1, 0.15) is 18.7 Å². The van der Waals surface area contributed by atoms with Crippen LogP contribution in [0.15, 0.2) is 12.3 Å². The third-order valence-corrected chi connectivity index (χ3v) is 2.06. The number of rotatable bonds is 5. The van der Waals surface area contributed by atoms with Gasteiger partial charge in [-0.25, -0.2) is 0 Å². The van der Waals surface area contributed by atoms with Crippen LogP contribution < -0.4 is 5.32 Å². The summed E-state index contributed by atoms with van der Waals surface area (Å²) in [7, 11) is 3.65. The van der Waals surface area contributed by atoms with Gasteiger partial charge in [-0.2, -0.15) is 5.10 Å². The molecule has 0 aliphatic rings. The van der Waals surface area contributed by atoms with Crippen molar-refractivity contribution in [3.8, 4) is 0 Å². The van der Waals surface area contributed by atoms with Gasteiger partial charge in [0.2, 0.25) is 0 Å². The van der Waals surface area contributed by atoms with E-state index in [1.165, 1.54) is 5.69 Å². The van der Waals surface area contributed by atoms with Gasteiger partial charge in [-0.05, 0) is 13.0 Å². The van der Waals surface area contributed by atoms with Crippen molar-refractivity contribution in [3.63, 3.8) is 0 Å². The van der Waals surface area contributed by atoms with Gasteiger partial charge in [0.25, 0.3) is 0 Å². The lowest BCUT2D eigenvalue weighted by Crippen LogP contribution is -2.24. The number of methoxy groups -OCH3 is 1. The average Bonchev–Trinajstić information content (AvgIpc) is 2.52. The van der Waals surface area contributed by atoms with E-state index in [9.17, 15) is 0 Å². The summed E-state index contributed by atoms with van der Waals surface area (Å²) < 4.78 is 6.83. The molecule has 0 saturated heterocycles. The number of hydrogen-bond donors (Lipinski definition) is 1. The van der Waals surface area contributed by atoms with E-state index in [1.807, 2.05) is 24.0 Å². The van der Waals surface area contributed by atoms with Gasteiger partial charge in [0.15, 0.2) is 0 Å². The molecule has 0 saturated carbocycles. The topological polar surface area (TPSA) is 39.1 Å². The zero-order chi connectivity index (χ0) is 9.68. The van der Waals surface area contributed by atoms with Gasteiger partial charge in [0.1, 0.15) is 0 Å². The quantitative estimate of drug-likeness (QED) is 0.684. The highest BCUT2D eigenvalue weighted by atomic mass is 16.5. The van der Waals surface area contributed by atoms with Gasteiger partial charge >= 0.3 is 0 Å². The van der Waals surface area contributed by atoms with Gasteiger partial charge in [-0.15, -0.1) is 0 Å². The van der Waals surface area contributed by atoms with E-state index in [1.54, 1.807) is 7.11 Å². The predicted molar refractivity (Wildman–Crippen MR) is 51.5 cm³/mol. The second-order valence-corrected chi connectivity index (χ2v) is 3.05. The molecule has 0 spiro atoms. The molecule has 0 bridgehead atoms. The van der Waals surface area contributed by atoms with Crippen LogP contribution in [0.5, 0.6) is 0 Å². The van der Waals surface area contributed by atoms with Crippen LogP contribution in [0.25, 0.3) is 0 Å². The number of nitrogens with one attached hydrogen (secondary N) is 1. The Labute approximate surface area is 78.9 Å². The molecule has 13 heavy (non-hydrogen) atoms. The SMILES string of the molecule is COCCNC(C)c1ccnn1C. The molecular formula is C9H17N3O. The molecule has 0 aromatic carbocycles. The Morgan fingerprint density at radius 3 is 3.00 bits per heavy atom. The van der Waals surface area contributed by atoms with E-state index in [0.29, 0.717) is 6.04 Å². The molecule has 1 N–H and O–H groups in total. The fraction of sp³-hybridized carbons (Fsp3) is 0.667. The predicted octanol–water partition coefficient (Wildman–Crippen LogP) is 0.717. The van der Waals surface area contributed by atoms with Crippen molar-refractivity contribution in [2.45, 2.75) is 13.0 Å². The van der Waals surface area contributed by atoms with E-state index >= 15 is 0 Å². The minimum atomic E-state index is 0.322. The summed E-state index contributed by atoms with van der Waals surface area (Å²) in [6.45, 7) is 3.72. The molecule has 0 fully saturated rings. The van der Waals surface area contributed by atoms with Crippen LogP contribution in [0.4, 0.5) is 0 Å². The maximum atomic E-state index is 4.95. The molecule has 0 aliphatic carbocycles. The van der Waals surface area contributed by atoms with Gasteiger partial charge in [-0.3, -0.25) is 4.68 Å². The van der Waals surface area contributed by atoms with E-state index in [2.05, 4.69) is 17.3 Å². The van der Waals surface area contributed by atoms with Gasteiger partial charge in [-0.1, -0.05) is 0 Å². The normalized spacial score (nSPS) is 13.2. The summed E-state index contributed by atoms with van der Waals surface area (Å²) >= 11 is 0. The molecule has 1 atom stereocenters. The van der Waals surface area contributed by atoms with Gasteiger partial charge in [0, 0.05) is 32.9 Å². The van der Waals surface area contributed by atoms with Crippen molar-refractivity contribution in [1.82, 2.24) is 15.1 Å². The van der Waals surface area contributed by atoms with Crippen molar-refractivity contribution < 1.29 is 4.74 Å². The lowest BCUT2D eigenvalue weighted by Gasteiger charge is -2.13. The molecule has 0 radical (unpaired) electrons. The zero-order valence-electron chi connectivity index (χ0n) is 8.45. The Kier molecular flexibility index (Phi) is 3.92. The van der Waals surface area contributed by atoms with Crippen molar-refractivity contribution in [2.75, 3.05) is 20.3 Å². The third kappa shape index (κ3) is 2.82. The Morgan fingerprint density at radius 2 is 2.46 bits per heavy atom. The van der Waals surface area contributed by atoms with Crippen LogP contribution in [0, 0.1) is 0 Å². The summed E-state index contributed by atoms with van der Waals surface area (Å²) in [5.41, 5.74) is 1.19. The molecule has 0 amide bonds. The molecule has 1 rings (SSSR count). The first-order valence-corrected chi connectivity index (χ1v) is 4.46.